The van der Waals surface area contributed by atoms with Gasteiger partial charge >= 0.3 is 0 Å². The van der Waals surface area contributed by atoms with Gasteiger partial charge in [-0.25, -0.2) is 4.98 Å². The second-order valence-corrected chi connectivity index (χ2v) is 3.99. The first-order valence-corrected chi connectivity index (χ1v) is 5.65. The van der Waals surface area contributed by atoms with Crippen molar-refractivity contribution >= 4 is 11.2 Å². The van der Waals surface area contributed by atoms with E-state index in [1.807, 2.05) is 19.1 Å². The van der Waals surface area contributed by atoms with Gasteiger partial charge < -0.3 is 14.5 Å². The van der Waals surface area contributed by atoms with Gasteiger partial charge in [0.2, 0.25) is 5.88 Å². The van der Waals surface area contributed by atoms with Crippen LogP contribution in [0.15, 0.2) is 12.1 Å². The first kappa shape index (κ1) is 11.9. The summed E-state index contributed by atoms with van der Waals surface area (Å²) in [5, 5.41) is 0. The Bertz CT molecular complexity index is 495. The molecule has 0 amide bonds. The lowest BCUT2D eigenvalue weighted by Gasteiger charge is -2.06. The van der Waals surface area contributed by atoms with Crippen LogP contribution in [0.2, 0.25) is 0 Å². The molecule has 1 atom stereocenters. The summed E-state index contributed by atoms with van der Waals surface area (Å²) in [4.78, 5) is 11.9. The lowest BCUT2D eigenvalue weighted by molar-refractivity contribution is 0.111. The monoisotopic (exact) mass is 235 g/mol. The minimum absolute atomic E-state index is 0.241. The molecule has 5 nitrogen and oxygen atoms in total. The maximum Gasteiger partial charge on any atom is 0.215 e. The Morgan fingerprint density at radius 2 is 2.12 bits per heavy atom. The predicted octanol–water partition coefficient (Wildman–Crippen LogP) is 1.93. The first-order valence-electron chi connectivity index (χ1n) is 5.65. The van der Waals surface area contributed by atoms with Crippen molar-refractivity contribution in [3.05, 3.63) is 18.0 Å². The van der Waals surface area contributed by atoms with Crippen molar-refractivity contribution in [3.63, 3.8) is 0 Å². The molecule has 1 N–H and O–H groups in total. The molecular weight excluding hydrogens is 218 g/mol. The zero-order valence-corrected chi connectivity index (χ0v) is 10.4. The van der Waals surface area contributed by atoms with Gasteiger partial charge in [0.25, 0.3) is 0 Å². The van der Waals surface area contributed by atoms with Crippen LogP contribution in [0.3, 0.4) is 0 Å². The van der Waals surface area contributed by atoms with Gasteiger partial charge in [0.1, 0.15) is 5.82 Å². The predicted molar refractivity (Wildman–Crippen MR) is 65.2 cm³/mol. The third kappa shape index (κ3) is 2.74. The van der Waals surface area contributed by atoms with E-state index in [1.54, 1.807) is 14.2 Å². The summed E-state index contributed by atoms with van der Waals surface area (Å²) in [6, 6.07) is 3.75. The molecule has 2 aromatic rings. The lowest BCUT2D eigenvalue weighted by atomic mass is 10.2. The number of nitrogens with one attached hydrogen (secondary N) is 1. The number of imidazole rings is 1. The summed E-state index contributed by atoms with van der Waals surface area (Å²) >= 11 is 0. The molecule has 2 aromatic heterocycles. The minimum Gasteiger partial charge on any atom is -0.481 e. The number of hydrogen-bond donors (Lipinski definition) is 1. The molecule has 5 heteroatoms. The van der Waals surface area contributed by atoms with Gasteiger partial charge in [0.15, 0.2) is 5.65 Å². The molecule has 0 saturated heterocycles. The normalized spacial score (nSPS) is 12.9. The molecule has 0 fully saturated rings. The summed E-state index contributed by atoms with van der Waals surface area (Å²) in [6.07, 6.45) is 2.03. The Labute approximate surface area is 100 Å². The van der Waals surface area contributed by atoms with E-state index >= 15 is 0 Å². The van der Waals surface area contributed by atoms with Crippen molar-refractivity contribution in [2.24, 2.45) is 0 Å². The number of pyridine rings is 1. The van der Waals surface area contributed by atoms with E-state index in [1.165, 1.54) is 0 Å². The molecule has 2 heterocycles. The Balaban J connectivity index is 2.14. The van der Waals surface area contributed by atoms with Crippen LogP contribution in [0.5, 0.6) is 5.88 Å². The molecule has 0 aliphatic carbocycles. The van der Waals surface area contributed by atoms with Gasteiger partial charge in [-0.2, -0.15) is 4.98 Å². The van der Waals surface area contributed by atoms with Gasteiger partial charge in [-0.3, -0.25) is 0 Å². The topological polar surface area (TPSA) is 60.0 Å². The highest BCUT2D eigenvalue weighted by atomic mass is 16.5. The second kappa shape index (κ2) is 5.14. The third-order valence-corrected chi connectivity index (χ3v) is 2.77. The number of ether oxygens (including phenoxy) is 2. The van der Waals surface area contributed by atoms with Gasteiger partial charge in [-0.15, -0.1) is 0 Å². The molecule has 0 aliphatic heterocycles. The molecule has 1 unspecified atom stereocenters. The van der Waals surface area contributed by atoms with Crippen molar-refractivity contribution in [2.45, 2.75) is 25.9 Å². The molecular formula is C12H17N3O2. The summed E-state index contributed by atoms with van der Waals surface area (Å²) < 4.78 is 10.3. The summed E-state index contributed by atoms with van der Waals surface area (Å²) in [7, 11) is 3.32. The number of H-pyrrole nitrogens is 1. The SMILES string of the molecule is COc1ccc2[nH]c(CCC(C)OC)nc2n1. The molecule has 92 valence electrons. The van der Waals surface area contributed by atoms with Crippen molar-refractivity contribution in [1.29, 1.82) is 0 Å². The smallest absolute Gasteiger partial charge is 0.215 e. The fourth-order valence-corrected chi connectivity index (χ4v) is 1.61. The summed E-state index contributed by atoms with van der Waals surface area (Å²) in [5.41, 5.74) is 1.63. The van der Waals surface area contributed by atoms with Gasteiger partial charge in [0, 0.05) is 19.6 Å². The van der Waals surface area contributed by atoms with Crippen molar-refractivity contribution in [3.8, 4) is 5.88 Å². The van der Waals surface area contributed by atoms with Gasteiger partial charge in [-0.1, -0.05) is 0 Å². The highest BCUT2D eigenvalue weighted by Crippen LogP contribution is 2.15. The first-order chi connectivity index (χ1) is 8.22. The number of aryl methyl sites for hydroxylation is 1. The van der Waals surface area contributed by atoms with Crippen LogP contribution in [-0.2, 0) is 11.2 Å². The second-order valence-electron chi connectivity index (χ2n) is 3.99. The number of rotatable bonds is 5. The van der Waals surface area contributed by atoms with Crippen LogP contribution in [0, 0.1) is 0 Å². The molecule has 0 radical (unpaired) electrons. The van der Waals surface area contributed by atoms with Crippen LogP contribution >= 0.6 is 0 Å². The third-order valence-electron chi connectivity index (χ3n) is 2.77. The highest BCUT2D eigenvalue weighted by molar-refractivity contribution is 5.71. The molecule has 17 heavy (non-hydrogen) atoms. The van der Waals surface area contributed by atoms with E-state index in [0.717, 1.165) is 24.2 Å². The molecule has 0 aliphatic rings. The zero-order chi connectivity index (χ0) is 12.3. The minimum atomic E-state index is 0.241. The number of nitrogens with zero attached hydrogens (tertiary/aromatic N) is 2. The van der Waals surface area contributed by atoms with E-state index in [2.05, 4.69) is 15.0 Å². The molecule has 0 bridgehead atoms. The van der Waals surface area contributed by atoms with E-state index in [4.69, 9.17) is 9.47 Å². The number of hydrogen-bond acceptors (Lipinski definition) is 4. The molecule has 0 saturated carbocycles. The largest absolute Gasteiger partial charge is 0.481 e. The Morgan fingerprint density at radius 3 is 2.82 bits per heavy atom. The summed E-state index contributed by atoms with van der Waals surface area (Å²) in [5.74, 6) is 1.52. The van der Waals surface area contributed by atoms with Crippen molar-refractivity contribution in [1.82, 2.24) is 15.0 Å². The van der Waals surface area contributed by atoms with Crippen LogP contribution in [0.1, 0.15) is 19.2 Å². The fraction of sp³-hybridized carbons (Fsp3) is 0.500. The van der Waals surface area contributed by atoms with E-state index in [0.29, 0.717) is 11.5 Å². The van der Waals surface area contributed by atoms with Crippen LogP contribution in [0.25, 0.3) is 11.2 Å². The Morgan fingerprint density at radius 1 is 1.29 bits per heavy atom. The standard InChI is InChI=1S/C12H17N3O2/c1-8(16-2)4-6-10-13-9-5-7-11(17-3)15-12(9)14-10/h5,7-8H,4,6H2,1-3H3,(H,13,14,15). The van der Waals surface area contributed by atoms with Crippen LogP contribution < -0.4 is 4.74 Å². The van der Waals surface area contributed by atoms with E-state index < -0.39 is 0 Å². The Hall–Kier alpha value is -1.62. The van der Waals surface area contributed by atoms with E-state index in [-0.39, 0.29) is 6.10 Å². The highest BCUT2D eigenvalue weighted by Gasteiger charge is 2.07. The summed E-state index contributed by atoms with van der Waals surface area (Å²) in [6.45, 7) is 2.05. The maximum atomic E-state index is 5.21. The maximum absolute atomic E-state index is 5.21. The van der Waals surface area contributed by atoms with Gasteiger partial charge in [0.05, 0.1) is 18.7 Å². The number of methoxy groups -OCH3 is 2. The van der Waals surface area contributed by atoms with Crippen LogP contribution in [0.4, 0.5) is 0 Å². The molecule has 0 aromatic carbocycles. The number of aromatic amines is 1. The quantitative estimate of drug-likeness (QED) is 0.860. The molecule has 0 spiro atoms. The lowest BCUT2D eigenvalue weighted by Crippen LogP contribution is -2.06. The average molecular weight is 235 g/mol. The van der Waals surface area contributed by atoms with Gasteiger partial charge in [-0.05, 0) is 19.4 Å². The van der Waals surface area contributed by atoms with Crippen molar-refractivity contribution < 1.29 is 9.47 Å². The number of aromatic nitrogens is 3. The Kier molecular flexibility index (Phi) is 3.58. The molecule has 2 rings (SSSR count). The van der Waals surface area contributed by atoms with Crippen LogP contribution in [-0.4, -0.2) is 35.3 Å². The van der Waals surface area contributed by atoms with Crippen molar-refractivity contribution in [2.75, 3.05) is 14.2 Å². The number of fused-ring (bicyclic) bond motifs is 1. The fourth-order valence-electron chi connectivity index (χ4n) is 1.61. The van der Waals surface area contributed by atoms with E-state index in [9.17, 15) is 0 Å². The average Bonchev–Trinajstić information content (AvgIpc) is 2.77. The zero-order valence-electron chi connectivity index (χ0n) is 10.4.